The Hall–Kier alpha value is -0.220. The van der Waals surface area contributed by atoms with Gasteiger partial charge in [-0.1, -0.05) is 69.6 Å². The van der Waals surface area contributed by atoms with Gasteiger partial charge in [-0.15, -0.1) is 0 Å². The summed E-state index contributed by atoms with van der Waals surface area (Å²) in [6.07, 6.45) is 0. The van der Waals surface area contributed by atoms with E-state index in [2.05, 4.69) is 0 Å². The number of phenols is 1. The van der Waals surface area contributed by atoms with E-state index in [1.807, 2.05) is 0 Å². The minimum Gasteiger partial charge on any atom is -0.505 e. The Bertz CT molecular complexity index is 663. The highest BCUT2D eigenvalue weighted by molar-refractivity contribution is 6.50. The molecule has 0 unspecified atom stereocenters. The zero-order chi connectivity index (χ0) is 15.0. The van der Waals surface area contributed by atoms with Crippen molar-refractivity contribution in [3.63, 3.8) is 0 Å². The monoisotopic (exact) mass is 390 g/mol. The second-order valence-electron chi connectivity index (χ2n) is 3.63. The Labute approximate surface area is 144 Å². The van der Waals surface area contributed by atoms with Crippen LogP contribution in [-0.4, -0.2) is 5.11 Å². The molecule has 0 bridgehead atoms. The minimum absolute atomic E-state index is 0.0276. The number of halogens is 6. The molecule has 2 aromatic rings. The maximum absolute atomic E-state index is 9.48. The Morgan fingerprint density at radius 3 is 1.80 bits per heavy atom. The second kappa shape index (κ2) is 6.27. The van der Waals surface area contributed by atoms with Gasteiger partial charge in [0.05, 0.1) is 25.1 Å². The number of hydrogen-bond donors (Lipinski definition) is 1. The fourth-order valence-corrected chi connectivity index (χ4v) is 2.81. The van der Waals surface area contributed by atoms with Gasteiger partial charge in [0.2, 0.25) is 0 Å². The molecule has 106 valence electrons. The van der Waals surface area contributed by atoms with Crippen LogP contribution in [0.15, 0.2) is 18.2 Å². The maximum Gasteiger partial charge on any atom is 0.166 e. The molecule has 0 heterocycles. The molecular formula is C12H4Cl6O2. The summed E-state index contributed by atoms with van der Waals surface area (Å²) in [6, 6.07) is 4.12. The summed E-state index contributed by atoms with van der Waals surface area (Å²) in [5, 5.41) is 10.1. The number of benzene rings is 2. The van der Waals surface area contributed by atoms with Crippen molar-refractivity contribution in [2.75, 3.05) is 0 Å². The Kier molecular flexibility index (Phi) is 5.06. The average Bonchev–Trinajstić information content (AvgIpc) is 2.38. The van der Waals surface area contributed by atoms with E-state index < -0.39 is 0 Å². The van der Waals surface area contributed by atoms with E-state index in [4.69, 9.17) is 74.3 Å². The van der Waals surface area contributed by atoms with E-state index in [0.29, 0.717) is 0 Å². The Balaban J connectivity index is 2.48. The number of aromatic hydroxyl groups is 1. The molecule has 0 saturated carbocycles. The van der Waals surface area contributed by atoms with Gasteiger partial charge in [-0.05, 0) is 6.07 Å². The number of hydrogen-bond acceptors (Lipinski definition) is 2. The lowest BCUT2D eigenvalue weighted by Gasteiger charge is -2.12. The van der Waals surface area contributed by atoms with E-state index in [1.54, 1.807) is 0 Å². The SMILES string of the molecule is Oc1c(Cl)cc(Oc2c(Cl)cc(Cl)c(Cl)c2Cl)cc1Cl. The molecule has 1 N–H and O–H groups in total. The van der Waals surface area contributed by atoms with E-state index in [9.17, 15) is 5.11 Å². The molecule has 8 heteroatoms. The van der Waals surface area contributed by atoms with Gasteiger partial charge in [0.15, 0.2) is 11.5 Å². The van der Waals surface area contributed by atoms with Crippen LogP contribution in [0.3, 0.4) is 0 Å². The molecule has 0 aromatic heterocycles. The summed E-state index contributed by atoms with van der Waals surface area (Å²) >= 11 is 35.4. The molecule has 0 aliphatic heterocycles. The van der Waals surface area contributed by atoms with Crippen LogP contribution < -0.4 is 4.74 Å². The molecule has 0 amide bonds. The van der Waals surface area contributed by atoms with Crippen LogP contribution in [0.1, 0.15) is 0 Å². The zero-order valence-electron chi connectivity index (χ0n) is 9.36. The standard InChI is InChI=1S/C12H4Cl6O2/c13-5-3-8(16)12(10(18)9(5)17)20-4-1-6(14)11(19)7(15)2-4/h1-3,19H. The lowest BCUT2D eigenvalue weighted by Crippen LogP contribution is -1.89. The summed E-state index contributed by atoms with van der Waals surface area (Å²) in [5.41, 5.74) is 0. The fraction of sp³-hybridized carbons (Fsp3) is 0. The van der Waals surface area contributed by atoms with Crippen molar-refractivity contribution in [2.45, 2.75) is 0 Å². The van der Waals surface area contributed by atoms with Crippen molar-refractivity contribution in [3.05, 3.63) is 48.3 Å². The summed E-state index contributed by atoms with van der Waals surface area (Å²) in [5.74, 6) is 0.104. The lowest BCUT2D eigenvalue weighted by molar-refractivity contribution is 0.465. The molecule has 0 atom stereocenters. The third-order valence-corrected chi connectivity index (χ3v) is 4.38. The quantitative estimate of drug-likeness (QED) is 0.436. The van der Waals surface area contributed by atoms with Crippen molar-refractivity contribution in [1.29, 1.82) is 0 Å². The van der Waals surface area contributed by atoms with Crippen molar-refractivity contribution in [3.8, 4) is 17.2 Å². The van der Waals surface area contributed by atoms with Crippen molar-refractivity contribution in [2.24, 2.45) is 0 Å². The van der Waals surface area contributed by atoms with Crippen LogP contribution >= 0.6 is 69.6 Å². The highest BCUT2D eigenvalue weighted by Gasteiger charge is 2.17. The molecular weight excluding hydrogens is 389 g/mol. The van der Waals surface area contributed by atoms with Crippen molar-refractivity contribution in [1.82, 2.24) is 0 Å². The van der Waals surface area contributed by atoms with Crippen LogP contribution in [0.5, 0.6) is 17.2 Å². The highest BCUT2D eigenvalue weighted by atomic mass is 35.5. The molecule has 2 nitrogen and oxygen atoms in total. The van der Waals surface area contributed by atoms with Gasteiger partial charge in [-0.3, -0.25) is 0 Å². The molecule has 0 fully saturated rings. The van der Waals surface area contributed by atoms with E-state index in [1.165, 1.54) is 18.2 Å². The van der Waals surface area contributed by atoms with Crippen LogP contribution in [-0.2, 0) is 0 Å². The van der Waals surface area contributed by atoms with E-state index in [-0.39, 0.29) is 47.4 Å². The first-order valence-electron chi connectivity index (χ1n) is 5.00. The largest absolute Gasteiger partial charge is 0.505 e. The van der Waals surface area contributed by atoms with Crippen molar-refractivity contribution < 1.29 is 9.84 Å². The first-order valence-corrected chi connectivity index (χ1v) is 7.27. The highest BCUT2D eigenvalue weighted by Crippen LogP contribution is 2.45. The van der Waals surface area contributed by atoms with Crippen LogP contribution in [0.2, 0.25) is 30.1 Å². The van der Waals surface area contributed by atoms with Crippen LogP contribution in [0.25, 0.3) is 0 Å². The van der Waals surface area contributed by atoms with E-state index >= 15 is 0 Å². The summed E-state index contributed by atoms with van der Waals surface area (Å²) in [4.78, 5) is 0. The third kappa shape index (κ3) is 3.16. The lowest BCUT2D eigenvalue weighted by atomic mass is 10.3. The normalized spacial score (nSPS) is 10.7. The minimum atomic E-state index is -0.244. The molecule has 20 heavy (non-hydrogen) atoms. The average molecular weight is 393 g/mol. The van der Waals surface area contributed by atoms with Crippen LogP contribution in [0, 0.1) is 0 Å². The summed E-state index contributed by atoms with van der Waals surface area (Å²) in [7, 11) is 0. The second-order valence-corrected chi connectivity index (χ2v) is 6.02. The number of rotatable bonds is 2. The Morgan fingerprint density at radius 2 is 1.25 bits per heavy atom. The molecule has 0 aliphatic rings. The summed E-state index contributed by atoms with van der Waals surface area (Å²) in [6.45, 7) is 0. The van der Waals surface area contributed by atoms with E-state index in [0.717, 1.165) is 0 Å². The zero-order valence-corrected chi connectivity index (χ0v) is 13.9. The van der Waals surface area contributed by atoms with Gasteiger partial charge >= 0.3 is 0 Å². The third-order valence-electron chi connectivity index (χ3n) is 2.28. The molecule has 0 spiro atoms. The molecule has 2 rings (SSSR count). The van der Waals surface area contributed by atoms with Gasteiger partial charge in [-0.2, -0.15) is 0 Å². The van der Waals surface area contributed by atoms with Gasteiger partial charge in [0.25, 0.3) is 0 Å². The maximum atomic E-state index is 9.48. The number of phenolic OH excluding ortho intramolecular Hbond substituents is 1. The molecule has 0 radical (unpaired) electrons. The first kappa shape index (κ1) is 16.2. The van der Waals surface area contributed by atoms with Gasteiger partial charge in [0.1, 0.15) is 10.8 Å². The van der Waals surface area contributed by atoms with Crippen LogP contribution in [0.4, 0.5) is 0 Å². The number of ether oxygens (including phenoxy) is 1. The van der Waals surface area contributed by atoms with Gasteiger partial charge in [-0.25, -0.2) is 0 Å². The summed E-state index contributed by atoms with van der Waals surface area (Å²) < 4.78 is 5.51. The molecule has 0 aliphatic carbocycles. The molecule has 2 aromatic carbocycles. The predicted molar refractivity (Wildman–Crippen MR) is 84.7 cm³/mol. The predicted octanol–water partition coefficient (Wildman–Crippen LogP) is 7.10. The van der Waals surface area contributed by atoms with Gasteiger partial charge < -0.3 is 9.84 Å². The fourth-order valence-electron chi connectivity index (χ4n) is 1.36. The molecule has 0 saturated heterocycles. The Morgan fingerprint density at radius 1 is 0.700 bits per heavy atom. The first-order chi connectivity index (χ1) is 9.31. The van der Waals surface area contributed by atoms with Crippen molar-refractivity contribution >= 4 is 69.6 Å². The smallest absolute Gasteiger partial charge is 0.166 e. The topological polar surface area (TPSA) is 29.5 Å². The van der Waals surface area contributed by atoms with Gasteiger partial charge in [0, 0.05) is 12.1 Å².